The zero-order chi connectivity index (χ0) is 25.9. The predicted octanol–water partition coefficient (Wildman–Crippen LogP) is 3.23. The van der Waals surface area contributed by atoms with E-state index in [4.69, 9.17) is 15.2 Å². The number of hydrogen-bond acceptors (Lipinski definition) is 8. The lowest BCUT2D eigenvalue weighted by Gasteiger charge is -2.40. The molecule has 2 aromatic heterocycles. The molecule has 1 saturated carbocycles. The summed E-state index contributed by atoms with van der Waals surface area (Å²) in [6.07, 6.45) is 10.3. The van der Waals surface area contributed by atoms with Gasteiger partial charge in [-0.05, 0) is 61.6 Å². The lowest BCUT2D eigenvalue weighted by Crippen LogP contribution is -2.44. The third-order valence-corrected chi connectivity index (χ3v) is 10.5. The van der Waals surface area contributed by atoms with E-state index in [0.29, 0.717) is 30.9 Å². The Morgan fingerprint density at radius 2 is 1.92 bits per heavy atom. The number of nitrogens with zero attached hydrogens (tertiary/aromatic N) is 4. The van der Waals surface area contributed by atoms with E-state index >= 15 is 0 Å². The van der Waals surface area contributed by atoms with Gasteiger partial charge in [0.1, 0.15) is 29.6 Å². The van der Waals surface area contributed by atoms with E-state index < -0.39 is 9.84 Å². The number of sulfone groups is 1. The lowest BCUT2D eigenvalue weighted by atomic mass is 9.79. The van der Waals surface area contributed by atoms with Crippen LogP contribution in [0.2, 0.25) is 0 Å². The Hall–Kier alpha value is -2.69. The number of nitrogen functional groups attached to an aromatic ring is 1. The van der Waals surface area contributed by atoms with Crippen molar-refractivity contribution in [3.8, 4) is 16.9 Å². The number of aryl methyl sites for hydroxylation is 1. The summed E-state index contributed by atoms with van der Waals surface area (Å²) in [4.78, 5) is 11.3. The van der Waals surface area contributed by atoms with Crippen molar-refractivity contribution in [3.63, 3.8) is 0 Å². The van der Waals surface area contributed by atoms with Crippen LogP contribution >= 0.6 is 0 Å². The van der Waals surface area contributed by atoms with Crippen LogP contribution in [0.1, 0.15) is 43.7 Å². The smallest absolute Gasteiger partial charge is 0.152 e. The molecule has 1 unspecified atom stereocenters. The normalized spacial score (nSPS) is 29.1. The second-order valence-electron chi connectivity index (χ2n) is 11.4. The average molecular weight is 538 g/mol. The second-order valence-corrected chi connectivity index (χ2v) is 13.7. The number of ether oxygens (including phenoxy) is 2. The van der Waals surface area contributed by atoms with E-state index in [9.17, 15) is 8.42 Å². The largest absolute Gasteiger partial charge is 0.487 e. The molecule has 1 aliphatic carbocycles. The van der Waals surface area contributed by atoms with Gasteiger partial charge in [-0.1, -0.05) is 12.1 Å². The van der Waals surface area contributed by atoms with Gasteiger partial charge in [-0.15, -0.1) is 0 Å². The van der Waals surface area contributed by atoms with Gasteiger partial charge in [-0.3, -0.25) is 0 Å². The van der Waals surface area contributed by atoms with E-state index in [0.717, 1.165) is 79.6 Å². The van der Waals surface area contributed by atoms with E-state index in [-0.39, 0.29) is 23.7 Å². The SMILES string of the molecule is Nc1ncnc2c1c(-c1ccc3c(c1)O[C@H](C1CCCO1)CC3)cn2C1CC(CN2CCS(=O)(=O)CC2)C1. The van der Waals surface area contributed by atoms with Crippen molar-refractivity contribution in [2.45, 2.75) is 56.8 Å². The van der Waals surface area contributed by atoms with Crippen LogP contribution in [-0.4, -0.2) is 77.8 Å². The van der Waals surface area contributed by atoms with Crippen LogP contribution in [0.3, 0.4) is 0 Å². The van der Waals surface area contributed by atoms with Crippen molar-refractivity contribution in [2.75, 3.05) is 43.5 Å². The highest BCUT2D eigenvalue weighted by Gasteiger charge is 2.35. The first-order valence-corrected chi connectivity index (χ1v) is 15.7. The molecule has 3 fully saturated rings. The summed E-state index contributed by atoms with van der Waals surface area (Å²) in [5.41, 5.74) is 10.6. The molecule has 7 rings (SSSR count). The van der Waals surface area contributed by atoms with Crippen LogP contribution in [-0.2, 0) is 21.0 Å². The van der Waals surface area contributed by atoms with Gasteiger partial charge < -0.3 is 24.7 Å². The molecule has 2 N–H and O–H groups in total. The first-order chi connectivity index (χ1) is 18.4. The van der Waals surface area contributed by atoms with Crippen LogP contribution < -0.4 is 10.5 Å². The van der Waals surface area contributed by atoms with Gasteiger partial charge in [0.15, 0.2) is 9.84 Å². The summed E-state index contributed by atoms with van der Waals surface area (Å²) in [5, 5.41) is 0.892. The molecule has 202 valence electrons. The third-order valence-electron chi connectivity index (χ3n) is 8.93. The van der Waals surface area contributed by atoms with E-state index in [2.05, 4.69) is 43.8 Å². The molecule has 0 spiro atoms. The second kappa shape index (κ2) is 9.50. The quantitative estimate of drug-likeness (QED) is 0.528. The minimum atomic E-state index is -2.85. The van der Waals surface area contributed by atoms with Crippen molar-refractivity contribution in [2.24, 2.45) is 5.92 Å². The molecule has 10 heteroatoms. The van der Waals surface area contributed by atoms with Crippen molar-refractivity contribution >= 4 is 26.7 Å². The maximum Gasteiger partial charge on any atom is 0.152 e. The van der Waals surface area contributed by atoms with Crippen molar-refractivity contribution in [3.05, 3.63) is 36.3 Å². The predicted molar refractivity (Wildman–Crippen MR) is 146 cm³/mol. The number of fused-ring (bicyclic) bond motifs is 2. The molecule has 38 heavy (non-hydrogen) atoms. The summed E-state index contributed by atoms with van der Waals surface area (Å²) < 4.78 is 38.2. The van der Waals surface area contributed by atoms with Crippen molar-refractivity contribution < 1.29 is 17.9 Å². The zero-order valence-corrected chi connectivity index (χ0v) is 22.4. The maximum atomic E-state index is 11.8. The fourth-order valence-electron chi connectivity index (χ4n) is 6.70. The summed E-state index contributed by atoms with van der Waals surface area (Å²) in [6, 6.07) is 6.83. The third kappa shape index (κ3) is 4.46. The molecule has 9 nitrogen and oxygen atoms in total. The summed E-state index contributed by atoms with van der Waals surface area (Å²) in [7, 11) is -2.85. The molecule has 4 aliphatic rings. The van der Waals surface area contributed by atoms with E-state index in [1.165, 1.54) is 5.56 Å². The molecular weight excluding hydrogens is 502 g/mol. The Kier molecular flexibility index (Phi) is 6.09. The van der Waals surface area contributed by atoms with Gasteiger partial charge in [0.25, 0.3) is 0 Å². The summed E-state index contributed by atoms with van der Waals surface area (Å²) in [6.45, 7) is 3.09. The Bertz CT molecular complexity index is 1450. The maximum absolute atomic E-state index is 11.8. The Labute approximate surface area is 223 Å². The molecule has 2 atom stereocenters. The highest BCUT2D eigenvalue weighted by molar-refractivity contribution is 7.91. The monoisotopic (exact) mass is 537 g/mol. The minimum Gasteiger partial charge on any atom is -0.487 e. The van der Waals surface area contributed by atoms with Crippen LogP contribution in [0, 0.1) is 5.92 Å². The zero-order valence-electron chi connectivity index (χ0n) is 21.6. The van der Waals surface area contributed by atoms with Gasteiger partial charge in [-0.25, -0.2) is 18.4 Å². The molecule has 3 aliphatic heterocycles. The lowest BCUT2D eigenvalue weighted by molar-refractivity contribution is 0.00284. The molecule has 0 radical (unpaired) electrons. The number of rotatable bonds is 5. The van der Waals surface area contributed by atoms with E-state index in [1.54, 1.807) is 6.33 Å². The topological polar surface area (TPSA) is 113 Å². The molecule has 5 heterocycles. The molecular formula is C28H35N5O4S. The molecule has 3 aromatic rings. The van der Waals surface area contributed by atoms with Gasteiger partial charge in [0.2, 0.25) is 0 Å². The first-order valence-electron chi connectivity index (χ1n) is 13.9. The van der Waals surface area contributed by atoms with Crippen LogP contribution in [0.4, 0.5) is 5.82 Å². The first kappa shape index (κ1) is 24.4. The number of hydrogen-bond donors (Lipinski definition) is 1. The fourth-order valence-corrected chi connectivity index (χ4v) is 7.97. The van der Waals surface area contributed by atoms with Crippen molar-refractivity contribution in [1.82, 2.24) is 19.4 Å². The molecule has 0 bridgehead atoms. The van der Waals surface area contributed by atoms with Gasteiger partial charge in [0, 0.05) is 44.0 Å². The van der Waals surface area contributed by atoms with Crippen LogP contribution in [0.25, 0.3) is 22.2 Å². The van der Waals surface area contributed by atoms with Gasteiger partial charge in [0.05, 0.1) is 23.0 Å². The van der Waals surface area contributed by atoms with E-state index in [1.807, 2.05) is 0 Å². The molecule has 2 saturated heterocycles. The standard InChI is InChI=1S/C28H35N5O4S/c29-27-26-22(20-4-3-19-5-6-24(37-25(19)14-20)23-2-1-9-36-23)16-33(28(26)31-17-30-27)21-12-18(13-21)15-32-7-10-38(34,35)11-8-32/h3-4,14,16-18,21,23-24H,1-2,5-13,15H2,(H2,29,30,31)/t18?,21?,23?,24-/m0/s1. The van der Waals surface area contributed by atoms with Crippen LogP contribution in [0.15, 0.2) is 30.7 Å². The highest BCUT2D eigenvalue weighted by Crippen LogP contribution is 2.44. The Morgan fingerprint density at radius 3 is 2.71 bits per heavy atom. The Balaban J connectivity index is 1.12. The van der Waals surface area contributed by atoms with Crippen LogP contribution in [0.5, 0.6) is 5.75 Å². The molecule has 1 aromatic carbocycles. The van der Waals surface area contributed by atoms with Gasteiger partial charge >= 0.3 is 0 Å². The Morgan fingerprint density at radius 1 is 1.08 bits per heavy atom. The fraction of sp³-hybridized carbons (Fsp3) is 0.571. The summed E-state index contributed by atoms with van der Waals surface area (Å²) in [5.74, 6) is 2.56. The van der Waals surface area contributed by atoms with Gasteiger partial charge in [-0.2, -0.15) is 0 Å². The number of nitrogens with two attached hydrogens (primary N) is 1. The summed E-state index contributed by atoms with van der Waals surface area (Å²) >= 11 is 0. The average Bonchev–Trinajstić information content (AvgIpc) is 3.56. The molecule has 0 amide bonds. The number of benzene rings is 1. The number of aromatic nitrogens is 3. The minimum absolute atomic E-state index is 0.113. The van der Waals surface area contributed by atoms with Crippen molar-refractivity contribution in [1.29, 1.82) is 0 Å². The highest BCUT2D eigenvalue weighted by atomic mass is 32.2. The number of anilines is 1.